The summed E-state index contributed by atoms with van der Waals surface area (Å²) in [5, 5.41) is 10.3. The molecule has 0 bridgehead atoms. The number of hydrogen-bond donors (Lipinski definition) is 2. The molecule has 126 valence electrons. The number of aromatic nitrogens is 3. The van der Waals surface area contributed by atoms with Gasteiger partial charge in [-0.05, 0) is 12.1 Å². The van der Waals surface area contributed by atoms with Gasteiger partial charge in [0.25, 0.3) is 5.91 Å². The van der Waals surface area contributed by atoms with Crippen LogP contribution in [-0.2, 0) is 9.47 Å². The summed E-state index contributed by atoms with van der Waals surface area (Å²) in [6, 6.07) is 7.88. The number of primary amides is 1. The Morgan fingerprint density at radius 3 is 2.42 bits per heavy atom. The van der Waals surface area contributed by atoms with E-state index in [4.69, 9.17) is 15.2 Å². The lowest BCUT2D eigenvalue weighted by atomic mass is 10.0. The molecule has 3 N–H and O–H groups in total. The van der Waals surface area contributed by atoms with Crippen LogP contribution in [0, 0.1) is 0 Å². The number of carbonyl (C=O) groups excluding carboxylic acids is 1. The van der Waals surface area contributed by atoms with E-state index in [0.29, 0.717) is 18.9 Å². The van der Waals surface area contributed by atoms with E-state index in [1.165, 1.54) is 0 Å². The Kier molecular flexibility index (Phi) is 3.70. The van der Waals surface area contributed by atoms with Gasteiger partial charge in [0.15, 0.2) is 11.5 Å². The van der Waals surface area contributed by atoms with Gasteiger partial charge in [0.2, 0.25) is 0 Å². The van der Waals surface area contributed by atoms with Crippen molar-refractivity contribution in [2.75, 3.05) is 31.2 Å². The van der Waals surface area contributed by atoms with E-state index in [-0.39, 0.29) is 11.5 Å². The first-order valence-electron chi connectivity index (χ1n) is 8.01. The molecule has 0 atom stereocenters. The van der Waals surface area contributed by atoms with Crippen molar-refractivity contribution >= 4 is 11.6 Å². The average Bonchev–Trinajstić information content (AvgIpc) is 3.26. The standard InChI is InChI=1S/C16H19N5O3/c17-15(22)14-13(18-20-19-14)11-1-3-12(4-2-11)21-7-5-16(6-8-21)23-9-10-24-16/h1-4H,5-10H2,(H2,17,22)(H,18,19,20). The lowest BCUT2D eigenvalue weighted by Gasteiger charge is -2.38. The van der Waals surface area contributed by atoms with Crippen LogP contribution in [0.25, 0.3) is 11.3 Å². The normalized spacial score (nSPS) is 19.8. The van der Waals surface area contributed by atoms with Gasteiger partial charge in [0, 0.05) is 37.2 Å². The van der Waals surface area contributed by atoms with Crippen LogP contribution in [0.3, 0.4) is 0 Å². The van der Waals surface area contributed by atoms with Crippen molar-refractivity contribution in [1.82, 2.24) is 15.4 Å². The summed E-state index contributed by atoms with van der Waals surface area (Å²) in [7, 11) is 0. The van der Waals surface area contributed by atoms with Crippen LogP contribution in [0.4, 0.5) is 5.69 Å². The second-order valence-electron chi connectivity index (χ2n) is 6.03. The quantitative estimate of drug-likeness (QED) is 0.867. The van der Waals surface area contributed by atoms with E-state index in [1.807, 2.05) is 24.3 Å². The molecule has 2 aliphatic rings. The smallest absolute Gasteiger partial charge is 0.271 e. The van der Waals surface area contributed by atoms with E-state index >= 15 is 0 Å². The third-order valence-corrected chi connectivity index (χ3v) is 4.63. The molecule has 0 saturated carbocycles. The number of nitrogens with one attached hydrogen (secondary N) is 1. The van der Waals surface area contributed by atoms with Crippen LogP contribution in [0.5, 0.6) is 0 Å². The molecule has 1 spiro atoms. The van der Waals surface area contributed by atoms with Gasteiger partial charge >= 0.3 is 0 Å². The van der Waals surface area contributed by atoms with Gasteiger partial charge in [-0.2, -0.15) is 15.4 Å². The monoisotopic (exact) mass is 329 g/mol. The van der Waals surface area contributed by atoms with E-state index in [9.17, 15) is 4.79 Å². The summed E-state index contributed by atoms with van der Waals surface area (Å²) in [6.07, 6.45) is 1.73. The Morgan fingerprint density at radius 1 is 1.12 bits per heavy atom. The number of amides is 1. The van der Waals surface area contributed by atoms with E-state index in [0.717, 1.165) is 37.2 Å². The van der Waals surface area contributed by atoms with E-state index < -0.39 is 5.91 Å². The summed E-state index contributed by atoms with van der Waals surface area (Å²) in [6.45, 7) is 3.15. The highest BCUT2D eigenvalue weighted by Crippen LogP contribution is 2.33. The number of nitrogens with zero attached hydrogens (tertiary/aromatic N) is 3. The topological polar surface area (TPSA) is 106 Å². The Hall–Kier alpha value is -2.45. The number of ether oxygens (including phenoxy) is 2. The van der Waals surface area contributed by atoms with Gasteiger partial charge in [-0.3, -0.25) is 4.79 Å². The largest absolute Gasteiger partial charge is 0.371 e. The lowest BCUT2D eigenvalue weighted by Crippen LogP contribution is -2.45. The van der Waals surface area contributed by atoms with Crippen molar-refractivity contribution in [3.05, 3.63) is 30.0 Å². The average molecular weight is 329 g/mol. The molecule has 0 aliphatic carbocycles. The predicted molar refractivity (Wildman–Crippen MR) is 86.4 cm³/mol. The molecule has 2 aliphatic heterocycles. The maximum atomic E-state index is 11.4. The molecule has 0 unspecified atom stereocenters. The number of aromatic amines is 1. The summed E-state index contributed by atoms with van der Waals surface area (Å²) in [4.78, 5) is 13.7. The minimum Gasteiger partial charge on any atom is -0.371 e. The third-order valence-electron chi connectivity index (χ3n) is 4.63. The molecule has 2 saturated heterocycles. The molecule has 8 nitrogen and oxygen atoms in total. The second-order valence-corrected chi connectivity index (χ2v) is 6.03. The summed E-state index contributed by atoms with van der Waals surface area (Å²) in [5.74, 6) is -0.964. The van der Waals surface area contributed by atoms with E-state index in [2.05, 4.69) is 20.3 Å². The van der Waals surface area contributed by atoms with Crippen LogP contribution in [0.15, 0.2) is 24.3 Å². The minimum atomic E-state index is -0.597. The molecular weight excluding hydrogens is 310 g/mol. The van der Waals surface area contributed by atoms with Gasteiger partial charge < -0.3 is 20.1 Å². The van der Waals surface area contributed by atoms with Crippen molar-refractivity contribution in [1.29, 1.82) is 0 Å². The third kappa shape index (κ3) is 2.63. The molecule has 3 heterocycles. The van der Waals surface area contributed by atoms with Gasteiger partial charge in [-0.15, -0.1) is 0 Å². The highest BCUT2D eigenvalue weighted by molar-refractivity contribution is 5.96. The molecule has 1 aromatic heterocycles. The Balaban J connectivity index is 1.48. The highest BCUT2D eigenvalue weighted by atomic mass is 16.7. The van der Waals surface area contributed by atoms with Crippen LogP contribution < -0.4 is 10.6 Å². The van der Waals surface area contributed by atoms with Crippen molar-refractivity contribution in [2.24, 2.45) is 5.73 Å². The van der Waals surface area contributed by atoms with Crippen molar-refractivity contribution in [2.45, 2.75) is 18.6 Å². The SMILES string of the molecule is NC(=O)c1n[nH]nc1-c1ccc(N2CCC3(CC2)OCCO3)cc1. The lowest BCUT2D eigenvalue weighted by molar-refractivity contribution is -0.169. The molecule has 2 fully saturated rings. The molecule has 0 radical (unpaired) electrons. The molecule has 2 aromatic rings. The predicted octanol–water partition coefficient (Wildman–Crippen LogP) is 0.914. The fraction of sp³-hybridized carbons (Fsp3) is 0.438. The number of anilines is 1. The first-order valence-corrected chi connectivity index (χ1v) is 8.01. The number of hydrogen-bond acceptors (Lipinski definition) is 6. The number of rotatable bonds is 3. The Labute approximate surface area is 138 Å². The zero-order chi connectivity index (χ0) is 16.6. The zero-order valence-corrected chi connectivity index (χ0v) is 13.2. The van der Waals surface area contributed by atoms with Gasteiger partial charge in [-0.1, -0.05) is 12.1 Å². The van der Waals surface area contributed by atoms with Gasteiger partial charge in [0.05, 0.1) is 13.2 Å². The van der Waals surface area contributed by atoms with E-state index in [1.54, 1.807) is 0 Å². The first kappa shape index (κ1) is 15.1. The summed E-state index contributed by atoms with van der Waals surface area (Å²) >= 11 is 0. The fourth-order valence-corrected chi connectivity index (χ4v) is 3.33. The van der Waals surface area contributed by atoms with Crippen molar-refractivity contribution in [3.8, 4) is 11.3 Å². The maximum absolute atomic E-state index is 11.4. The van der Waals surface area contributed by atoms with Crippen LogP contribution in [0.1, 0.15) is 23.3 Å². The van der Waals surface area contributed by atoms with Crippen LogP contribution >= 0.6 is 0 Å². The second kappa shape index (κ2) is 5.88. The van der Waals surface area contributed by atoms with Crippen LogP contribution in [-0.4, -0.2) is 53.4 Å². The molecule has 24 heavy (non-hydrogen) atoms. The fourth-order valence-electron chi connectivity index (χ4n) is 3.33. The highest BCUT2D eigenvalue weighted by Gasteiger charge is 2.39. The zero-order valence-electron chi connectivity index (χ0n) is 13.2. The summed E-state index contributed by atoms with van der Waals surface area (Å²) in [5.41, 5.74) is 7.85. The number of piperidine rings is 1. The molecular formula is C16H19N5O3. The number of carbonyl (C=O) groups is 1. The van der Waals surface area contributed by atoms with Gasteiger partial charge in [-0.25, -0.2) is 0 Å². The number of benzene rings is 1. The maximum Gasteiger partial charge on any atom is 0.271 e. The van der Waals surface area contributed by atoms with Crippen molar-refractivity contribution < 1.29 is 14.3 Å². The molecule has 1 aromatic carbocycles. The summed E-state index contributed by atoms with van der Waals surface area (Å²) < 4.78 is 11.5. The molecule has 4 rings (SSSR count). The molecule has 1 amide bonds. The minimum absolute atomic E-state index is 0.151. The number of nitrogens with two attached hydrogens (primary N) is 1. The Morgan fingerprint density at radius 2 is 1.79 bits per heavy atom. The van der Waals surface area contributed by atoms with Gasteiger partial charge in [0.1, 0.15) is 5.69 Å². The molecule has 8 heteroatoms. The Bertz CT molecular complexity index is 726. The van der Waals surface area contributed by atoms with Crippen LogP contribution in [0.2, 0.25) is 0 Å². The number of H-pyrrole nitrogens is 1. The van der Waals surface area contributed by atoms with Crippen molar-refractivity contribution in [3.63, 3.8) is 0 Å². The first-order chi connectivity index (χ1) is 11.7.